The second-order valence-electron chi connectivity index (χ2n) is 5.16. The monoisotopic (exact) mass is 312 g/mol. The molecule has 2 aromatic rings. The van der Waals surface area contributed by atoms with Crippen LogP contribution in [0, 0.1) is 0 Å². The molecule has 120 valence electrons. The lowest BCUT2D eigenvalue weighted by Crippen LogP contribution is -2.34. The fourth-order valence-electron chi connectivity index (χ4n) is 2.45. The first-order valence-electron chi connectivity index (χ1n) is 7.39. The largest absolute Gasteiger partial charge is 0.454 e. The lowest BCUT2D eigenvalue weighted by Gasteiger charge is -2.28. The van der Waals surface area contributed by atoms with E-state index in [2.05, 4.69) is 6.58 Å². The molecule has 0 heterocycles. The normalized spacial score (nSPS) is 14.5. The Balaban J connectivity index is 2.24. The summed E-state index contributed by atoms with van der Waals surface area (Å²) in [5.74, 6) is -1.09. The minimum Gasteiger partial charge on any atom is -0.454 e. The summed E-state index contributed by atoms with van der Waals surface area (Å²) in [7, 11) is 0. The van der Waals surface area contributed by atoms with Gasteiger partial charge in [-0.2, -0.15) is 0 Å². The third-order valence-electron chi connectivity index (χ3n) is 3.62. The zero-order valence-electron chi connectivity index (χ0n) is 12.7. The molecule has 0 aliphatic heterocycles. The molecular formula is C19H20O4. The Morgan fingerprint density at radius 3 is 2.17 bits per heavy atom. The fourth-order valence-corrected chi connectivity index (χ4v) is 2.45. The van der Waals surface area contributed by atoms with E-state index in [0.717, 1.165) is 5.56 Å². The van der Waals surface area contributed by atoms with Gasteiger partial charge in [-0.15, -0.1) is 0 Å². The van der Waals surface area contributed by atoms with E-state index < -0.39 is 30.7 Å². The predicted octanol–water partition coefficient (Wildman–Crippen LogP) is 2.54. The van der Waals surface area contributed by atoms with E-state index in [4.69, 9.17) is 4.74 Å². The molecule has 0 fully saturated rings. The summed E-state index contributed by atoms with van der Waals surface area (Å²) < 4.78 is 5.50. The van der Waals surface area contributed by atoms with Gasteiger partial charge in [-0.1, -0.05) is 61.2 Å². The van der Waals surface area contributed by atoms with Crippen molar-refractivity contribution in [3.05, 3.63) is 84.4 Å². The third kappa shape index (κ3) is 4.28. The van der Waals surface area contributed by atoms with Crippen molar-refractivity contribution >= 4 is 5.97 Å². The number of carbonyl (C=O) groups is 1. The number of aliphatic hydroxyl groups is 2. The number of hydrogen-bond acceptors (Lipinski definition) is 4. The van der Waals surface area contributed by atoms with Crippen LogP contribution < -0.4 is 0 Å². The van der Waals surface area contributed by atoms with Crippen molar-refractivity contribution in [2.45, 2.75) is 18.1 Å². The molecule has 4 nitrogen and oxygen atoms in total. The van der Waals surface area contributed by atoms with Crippen LogP contribution in [0.1, 0.15) is 21.8 Å². The van der Waals surface area contributed by atoms with Gasteiger partial charge in [0.25, 0.3) is 0 Å². The molecule has 0 aromatic heterocycles. The van der Waals surface area contributed by atoms with Crippen LogP contribution in [0.3, 0.4) is 0 Å². The van der Waals surface area contributed by atoms with Gasteiger partial charge in [-0.3, -0.25) is 0 Å². The Bertz CT molecular complexity index is 624. The minimum absolute atomic E-state index is 0.421. The lowest BCUT2D eigenvalue weighted by molar-refractivity contribution is 0.00449. The number of hydrogen-bond donors (Lipinski definition) is 2. The quantitative estimate of drug-likeness (QED) is 0.609. The molecular weight excluding hydrogens is 292 g/mol. The molecule has 2 rings (SSSR count). The second-order valence-corrected chi connectivity index (χ2v) is 5.16. The summed E-state index contributed by atoms with van der Waals surface area (Å²) in [4.78, 5) is 12.2. The molecule has 0 bridgehead atoms. The van der Waals surface area contributed by atoms with Crippen molar-refractivity contribution in [2.75, 3.05) is 6.61 Å². The molecule has 2 aromatic carbocycles. The Morgan fingerprint density at radius 1 is 1.09 bits per heavy atom. The molecule has 0 aliphatic carbocycles. The Kier molecular flexibility index (Phi) is 6.09. The first-order valence-corrected chi connectivity index (χ1v) is 7.39. The molecule has 0 saturated carbocycles. The molecule has 0 amide bonds. The van der Waals surface area contributed by atoms with Gasteiger partial charge in [0.05, 0.1) is 24.2 Å². The van der Waals surface area contributed by atoms with E-state index in [1.807, 2.05) is 36.4 Å². The molecule has 4 heteroatoms. The Hall–Kier alpha value is -2.43. The summed E-state index contributed by atoms with van der Waals surface area (Å²) in [6, 6.07) is 17.7. The smallest absolute Gasteiger partial charge is 0.338 e. The van der Waals surface area contributed by atoms with Crippen LogP contribution in [-0.2, 0) is 4.74 Å². The van der Waals surface area contributed by atoms with Crippen molar-refractivity contribution in [3.63, 3.8) is 0 Å². The van der Waals surface area contributed by atoms with Crippen LogP contribution in [0.4, 0.5) is 0 Å². The summed E-state index contributed by atoms with van der Waals surface area (Å²) in [6.07, 6.45) is -0.353. The highest BCUT2D eigenvalue weighted by Crippen LogP contribution is 2.27. The number of carbonyl (C=O) groups excluding carboxylic acids is 1. The van der Waals surface area contributed by atoms with E-state index in [9.17, 15) is 15.0 Å². The molecule has 0 radical (unpaired) electrons. The number of benzene rings is 2. The summed E-state index contributed by atoms with van der Waals surface area (Å²) in [5, 5.41) is 19.5. The van der Waals surface area contributed by atoms with Gasteiger partial charge in [-0.25, -0.2) is 4.79 Å². The van der Waals surface area contributed by atoms with Crippen LogP contribution in [0.2, 0.25) is 0 Å². The molecule has 0 aliphatic rings. The van der Waals surface area contributed by atoms with Crippen molar-refractivity contribution in [1.29, 1.82) is 0 Å². The lowest BCUT2D eigenvalue weighted by atomic mass is 9.88. The van der Waals surface area contributed by atoms with Crippen molar-refractivity contribution in [2.24, 2.45) is 0 Å². The molecule has 2 N–H and O–H groups in total. The maximum atomic E-state index is 12.2. The summed E-state index contributed by atoms with van der Waals surface area (Å²) in [5.41, 5.74) is 1.18. The van der Waals surface area contributed by atoms with Crippen LogP contribution in [0.25, 0.3) is 0 Å². The van der Waals surface area contributed by atoms with Crippen molar-refractivity contribution < 1.29 is 19.7 Å². The highest BCUT2D eigenvalue weighted by molar-refractivity contribution is 5.89. The van der Waals surface area contributed by atoms with E-state index in [-0.39, 0.29) is 0 Å². The van der Waals surface area contributed by atoms with Crippen molar-refractivity contribution in [3.8, 4) is 0 Å². The highest BCUT2D eigenvalue weighted by Gasteiger charge is 2.30. The Morgan fingerprint density at radius 2 is 1.65 bits per heavy atom. The van der Waals surface area contributed by atoms with Gasteiger partial charge in [0.15, 0.2) is 0 Å². The zero-order chi connectivity index (χ0) is 16.7. The molecule has 23 heavy (non-hydrogen) atoms. The van der Waals surface area contributed by atoms with E-state index in [0.29, 0.717) is 5.56 Å². The first-order chi connectivity index (χ1) is 11.2. The van der Waals surface area contributed by atoms with Crippen LogP contribution in [0.15, 0.2) is 73.3 Å². The van der Waals surface area contributed by atoms with E-state index >= 15 is 0 Å². The van der Waals surface area contributed by atoms with E-state index in [1.54, 1.807) is 24.3 Å². The fraction of sp³-hybridized carbons (Fsp3) is 0.211. The SMILES string of the molecule is C=C[C@@H](OC(=O)c1ccccc1)[C@@H](c1ccccc1)[C@H](O)CO. The number of rotatable bonds is 7. The Labute approximate surface area is 135 Å². The van der Waals surface area contributed by atoms with Crippen molar-refractivity contribution in [1.82, 2.24) is 0 Å². The van der Waals surface area contributed by atoms with Gasteiger partial charge >= 0.3 is 5.97 Å². The van der Waals surface area contributed by atoms with Gasteiger partial charge in [0.1, 0.15) is 6.10 Å². The third-order valence-corrected chi connectivity index (χ3v) is 3.62. The molecule has 0 saturated heterocycles. The second kappa shape index (κ2) is 8.27. The topological polar surface area (TPSA) is 66.8 Å². The van der Waals surface area contributed by atoms with E-state index in [1.165, 1.54) is 6.08 Å². The average molecular weight is 312 g/mol. The number of esters is 1. The van der Waals surface area contributed by atoms with Crippen LogP contribution >= 0.6 is 0 Å². The first kappa shape index (κ1) is 16.9. The van der Waals surface area contributed by atoms with Crippen LogP contribution in [-0.4, -0.2) is 35.0 Å². The minimum atomic E-state index is -1.07. The van der Waals surface area contributed by atoms with Gasteiger partial charge in [0, 0.05) is 0 Å². The average Bonchev–Trinajstić information content (AvgIpc) is 2.62. The highest BCUT2D eigenvalue weighted by atomic mass is 16.5. The standard InChI is InChI=1S/C19H20O4/c1-2-17(23-19(22)15-11-7-4-8-12-15)18(16(21)13-20)14-9-5-3-6-10-14/h2-12,16-18,20-21H,1,13H2/t16-,17-,18+/m1/s1. The zero-order valence-corrected chi connectivity index (χ0v) is 12.7. The maximum absolute atomic E-state index is 12.2. The van der Waals surface area contributed by atoms with Gasteiger partial charge in [-0.05, 0) is 17.7 Å². The number of aliphatic hydroxyl groups excluding tert-OH is 2. The molecule has 0 unspecified atom stereocenters. The summed E-state index contributed by atoms with van der Waals surface area (Å²) in [6.45, 7) is 3.26. The molecule has 0 spiro atoms. The van der Waals surface area contributed by atoms with Crippen LogP contribution in [0.5, 0.6) is 0 Å². The summed E-state index contributed by atoms with van der Waals surface area (Å²) >= 11 is 0. The predicted molar refractivity (Wildman–Crippen MR) is 88.1 cm³/mol. The van der Waals surface area contributed by atoms with Gasteiger partial charge < -0.3 is 14.9 Å². The maximum Gasteiger partial charge on any atom is 0.338 e. The number of ether oxygens (including phenoxy) is 1. The van der Waals surface area contributed by atoms with Gasteiger partial charge in [0.2, 0.25) is 0 Å². The molecule has 3 atom stereocenters.